The summed E-state index contributed by atoms with van der Waals surface area (Å²) < 4.78 is 0. The maximum Gasteiger partial charge on any atom is 0 e. The van der Waals surface area contributed by atoms with Gasteiger partial charge in [0.05, 0.1) is 0 Å². The quantitative estimate of drug-likeness (QED) is 0.407. The minimum atomic E-state index is 0. The second-order valence-corrected chi connectivity index (χ2v) is 0.707. The fraction of sp³-hybridized carbons (Fsp3) is 1.00. The van der Waals surface area contributed by atoms with Gasteiger partial charge in [-0.2, -0.15) is 0 Å². The molecule has 29 valence electrons. The topological polar surface area (TPSA) is 0 Å². The molecule has 0 amide bonds. The van der Waals surface area contributed by atoms with E-state index >= 15 is 0 Å². The van der Waals surface area contributed by atoms with Crippen molar-refractivity contribution in [1.29, 1.82) is 0 Å². The Kier molecular flexibility index (Phi) is 60.4. The van der Waals surface area contributed by atoms with Crippen LogP contribution in [0.5, 0.6) is 0 Å². The van der Waals surface area contributed by atoms with Gasteiger partial charge in [-0.25, -0.2) is 0 Å². The first kappa shape index (κ1) is 16.3. The van der Waals surface area contributed by atoms with Crippen LogP contribution >= 0.6 is 12.4 Å². The van der Waals surface area contributed by atoms with Gasteiger partial charge in [0.15, 0.2) is 0 Å². The summed E-state index contributed by atoms with van der Waals surface area (Å²) in [4.78, 5) is 0. The summed E-state index contributed by atoms with van der Waals surface area (Å²) in [6, 6.07) is 0. The van der Waals surface area contributed by atoms with Gasteiger partial charge in [-0.1, -0.05) is 20.3 Å². The van der Waals surface area contributed by atoms with Crippen LogP contribution in [0, 0.1) is 0 Å². The molecule has 0 aliphatic rings. The van der Waals surface area contributed by atoms with Crippen molar-refractivity contribution in [3.05, 3.63) is 0 Å². The molecule has 0 N–H and O–H groups in total. The van der Waals surface area contributed by atoms with Gasteiger partial charge in [0.1, 0.15) is 0 Å². The molecule has 0 aliphatic heterocycles. The molecule has 5 heavy (non-hydrogen) atoms. The molecular formula is C3H9ClNa. The summed E-state index contributed by atoms with van der Waals surface area (Å²) in [6.45, 7) is 4.25. The minimum absolute atomic E-state index is 0. The average molecular weight is 104 g/mol. The Bertz CT molecular complexity index is 6.85. The molecule has 0 aliphatic carbocycles. The van der Waals surface area contributed by atoms with Gasteiger partial charge >= 0.3 is 0 Å². The van der Waals surface area contributed by atoms with Crippen LogP contribution in [0.1, 0.15) is 20.3 Å². The fourth-order valence-corrected chi connectivity index (χ4v) is 0. The summed E-state index contributed by atoms with van der Waals surface area (Å²) in [5.74, 6) is 0. The summed E-state index contributed by atoms with van der Waals surface area (Å²) in [6.07, 6.45) is 1.25. The van der Waals surface area contributed by atoms with Crippen molar-refractivity contribution in [2.45, 2.75) is 20.3 Å². The Balaban J connectivity index is -0.0000000200. The van der Waals surface area contributed by atoms with E-state index in [2.05, 4.69) is 13.8 Å². The second kappa shape index (κ2) is 18.6. The molecule has 0 bridgehead atoms. The SMILES string of the molecule is CCC.Cl.[Na]. The van der Waals surface area contributed by atoms with E-state index in [9.17, 15) is 0 Å². The summed E-state index contributed by atoms with van der Waals surface area (Å²) in [5, 5.41) is 0. The molecule has 2 heteroatoms. The van der Waals surface area contributed by atoms with Crippen molar-refractivity contribution in [3.8, 4) is 0 Å². The molecule has 0 nitrogen and oxygen atoms in total. The summed E-state index contributed by atoms with van der Waals surface area (Å²) in [7, 11) is 0. The predicted octanol–water partition coefficient (Wildman–Crippen LogP) is 1.46. The van der Waals surface area contributed by atoms with Gasteiger partial charge in [-0.3, -0.25) is 0 Å². The van der Waals surface area contributed by atoms with E-state index < -0.39 is 0 Å². The predicted molar refractivity (Wildman–Crippen MR) is 29.0 cm³/mol. The summed E-state index contributed by atoms with van der Waals surface area (Å²) in [5.41, 5.74) is 0. The molecule has 1 radical (unpaired) electrons. The Morgan fingerprint density at radius 3 is 1.20 bits per heavy atom. The number of hydrogen-bond donors (Lipinski definition) is 0. The molecule has 0 unspecified atom stereocenters. The van der Waals surface area contributed by atoms with Crippen molar-refractivity contribution in [2.75, 3.05) is 0 Å². The van der Waals surface area contributed by atoms with E-state index in [1.165, 1.54) is 6.42 Å². The Morgan fingerprint density at radius 2 is 1.20 bits per heavy atom. The third-order valence-electron chi connectivity index (χ3n) is 0. The van der Waals surface area contributed by atoms with E-state index in [4.69, 9.17) is 0 Å². The maximum absolute atomic E-state index is 2.12. The second-order valence-electron chi connectivity index (χ2n) is 0.707. The minimum Gasteiger partial charge on any atom is -0.147 e. The van der Waals surface area contributed by atoms with E-state index in [0.717, 1.165) is 0 Å². The molecule has 0 aromatic rings. The van der Waals surface area contributed by atoms with Crippen LogP contribution in [0.25, 0.3) is 0 Å². The maximum atomic E-state index is 2.12. The van der Waals surface area contributed by atoms with Crippen molar-refractivity contribution in [1.82, 2.24) is 0 Å². The third kappa shape index (κ3) is 34.4. The van der Waals surface area contributed by atoms with Crippen molar-refractivity contribution < 1.29 is 0 Å². The Morgan fingerprint density at radius 1 is 1.20 bits per heavy atom. The first-order valence-electron chi connectivity index (χ1n) is 1.41. The first-order chi connectivity index (χ1) is 1.41. The molecule has 0 atom stereocenters. The van der Waals surface area contributed by atoms with E-state index in [0.29, 0.717) is 0 Å². The number of rotatable bonds is 0. The molecule has 0 spiro atoms. The fourth-order valence-electron chi connectivity index (χ4n) is 0. The average Bonchev–Trinajstić information content (AvgIpc) is 0.918. The molecule has 0 heterocycles. The zero-order valence-corrected chi connectivity index (χ0v) is 6.93. The van der Waals surface area contributed by atoms with E-state index in [1.807, 2.05) is 0 Å². The molecule has 0 saturated heterocycles. The Labute approximate surface area is 62.0 Å². The van der Waals surface area contributed by atoms with Gasteiger partial charge < -0.3 is 0 Å². The molecule has 0 aromatic heterocycles. The van der Waals surface area contributed by atoms with Gasteiger partial charge in [0.2, 0.25) is 0 Å². The van der Waals surface area contributed by atoms with Crippen molar-refractivity contribution in [3.63, 3.8) is 0 Å². The van der Waals surface area contributed by atoms with Crippen LogP contribution in [0.4, 0.5) is 0 Å². The van der Waals surface area contributed by atoms with Gasteiger partial charge in [0.25, 0.3) is 0 Å². The van der Waals surface area contributed by atoms with Crippen LogP contribution in [-0.2, 0) is 0 Å². The van der Waals surface area contributed by atoms with E-state index in [-0.39, 0.29) is 42.0 Å². The number of halogens is 1. The zero-order chi connectivity index (χ0) is 2.71. The largest absolute Gasteiger partial charge is 0.147 e. The van der Waals surface area contributed by atoms with Crippen molar-refractivity contribution in [2.24, 2.45) is 0 Å². The van der Waals surface area contributed by atoms with Gasteiger partial charge in [0, 0.05) is 29.6 Å². The van der Waals surface area contributed by atoms with Crippen LogP contribution < -0.4 is 0 Å². The monoisotopic (exact) mass is 103 g/mol. The normalized spacial score (nSPS) is 3.60. The number of hydrogen-bond acceptors (Lipinski definition) is 0. The smallest absolute Gasteiger partial charge is 0 e. The molecule has 0 fully saturated rings. The van der Waals surface area contributed by atoms with Crippen LogP contribution in [0.15, 0.2) is 0 Å². The summed E-state index contributed by atoms with van der Waals surface area (Å²) >= 11 is 0. The van der Waals surface area contributed by atoms with Crippen LogP contribution in [0.3, 0.4) is 0 Å². The zero-order valence-electron chi connectivity index (χ0n) is 4.12. The Hall–Kier alpha value is 1.29. The first-order valence-corrected chi connectivity index (χ1v) is 1.41. The molecule has 0 saturated carbocycles. The van der Waals surface area contributed by atoms with Gasteiger partial charge in [-0.15, -0.1) is 12.4 Å². The van der Waals surface area contributed by atoms with E-state index in [1.54, 1.807) is 0 Å². The molecule has 0 aromatic carbocycles. The third-order valence-corrected chi connectivity index (χ3v) is 0. The molecule has 0 rings (SSSR count). The standard InChI is InChI=1S/C3H8.ClH.Na/c1-3-2;;/h3H2,1-2H3;1H;. The van der Waals surface area contributed by atoms with Crippen molar-refractivity contribution >= 4 is 42.0 Å². The van der Waals surface area contributed by atoms with Gasteiger partial charge in [-0.05, 0) is 0 Å². The van der Waals surface area contributed by atoms with Crippen LogP contribution in [0.2, 0.25) is 0 Å². The van der Waals surface area contributed by atoms with Crippen LogP contribution in [-0.4, -0.2) is 29.6 Å². The molecular weight excluding hydrogens is 94.5 g/mol.